The molecule has 0 unspecified atom stereocenters. The highest BCUT2D eigenvalue weighted by atomic mass is 16.7. The molecule has 0 aromatic heterocycles. The van der Waals surface area contributed by atoms with Crippen LogP contribution in [0.5, 0.6) is 0 Å². The largest absolute Gasteiger partial charge is 0.477 e. The Morgan fingerprint density at radius 3 is 2.37 bits per heavy atom. The number of ether oxygens (including phenoxy) is 2. The minimum atomic E-state index is -1.56. The third-order valence-corrected chi connectivity index (χ3v) is 3.08. The molecule has 0 amide bonds. The summed E-state index contributed by atoms with van der Waals surface area (Å²) in [6.45, 7) is 0.846. The van der Waals surface area contributed by atoms with Gasteiger partial charge in [-0.25, -0.2) is 4.79 Å². The van der Waals surface area contributed by atoms with Gasteiger partial charge in [0, 0.05) is 0 Å². The van der Waals surface area contributed by atoms with E-state index in [0.717, 1.165) is 0 Å². The minimum absolute atomic E-state index is 0.577. The Bertz CT molecular complexity index is 312. The molecule has 1 heterocycles. The quantitative estimate of drug-likeness (QED) is 0.296. The van der Waals surface area contributed by atoms with Crippen LogP contribution in [0.25, 0.3) is 0 Å². The maximum atomic E-state index is 10.7. The number of aliphatic hydroxyl groups excluding tert-OH is 4. The van der Waals surface area contributed by atoms with Crippen LogP contribution in [-0.4, -0.2) is 81.0 Å². The van der Waals surface area contributed by atoms with Gasteiger partial charge >= 0.3 is 5.97 Å². The summed E-state index contributed by atoms with van der Waals surface area (Å²) in [7, 11) is 0. The number of hydrogen-bond acceptors (Lipinski definition) is 7. The molecule has 0 saturated carbocycles. The fraction of sp³-hybridized carbons (Fsp3) is 0.900. The molecular weight excluding hydrogens is 262 g/mol. The van der Waals surface area contributed by atoms with Crippen molar-refractivity contribution in [3.63, 3.8) is 0 Å². The molecule has 19 heavy (non-hydrogen) atoms. The van der Waals surface area contributed by atoms with Crippen molar-refractivity contribution in [2.75, 3.05) is 6.61 Å². The first-order valence-electron chi connectivity index (χ1n) is 5.81. The van der Waals surface area contributed by atoms with Crippen molar-refractivity contribution in [1.82, 2.24) is 0 Å². The number of carboxylic acid groups (broad SMARTS) is 1. The summed E-state index contributed by atoms with van der Waals surface area (Å²) in [5.74, 6) is -1.18. The summed E-state index contributed by atoms with van der Waals surface area (Å²) in [6.07, 6.45) is -7.93. The van der Waals surface area contributed by atoms with E-state index in [1.807, 2.05) is 0 Å². The van der Waals surface area contributed by atoms with Crippen LogP contribution in [-0.2, 0) is 14.3 Å². The van der Waals surface area contributed by atoms with Crippen molar-refractivity contribution in [2.24, 2.45) is 0 Å². The van der Waals surface area contributed by atoms with E-state index in [4.69, 9.17) is 19.7 Å². The predicted octanol–water partition coefficient (Wildman–Crippen LogP) is -4.11. The highest BCUT2D eigenvalue weighted by Crippen LogP contribution is 2.23. The Morgan fingerprint density at radius 1 is 1.32 bits per heavy atom. The molecule has 0 radical (unpaired) electrons. The van der Waals surface area contributed by atoms with Crippen LogP contribution in [0.1, 0.15) is 6.92 Å². The molecule has 1 saturated heterocycles. The van der Waals surface area contributed by atoms with E-state index in [1.54, 1.807) is 0 Å². The minimum Gasteiger partial charge on any atom is -0.477 e. The molecule has 1 fully saturated rings. The standard InChI is InChI=1S/C10H19NO8/c1-3(5(11)9(16)17)18-10-8(15)7(14)6(13)4(2-12)19-10/h3-8,10,12-15H,2,11H2,1H3,(H,16,17)/p+1/t3-,4-,5+,6-,7+,8+,10+/m1/s1. The van der Waals surface area contributed by atoms with Gasteiger partial charge in [0.25, 0.3) is 0 Å². The molecule has 9 heteroatoms. The van der Waals surface area contributed by atoms with E-state index in [-0.39, 0.29) is 0 Å². The summed E-state index contributed by atoms with van der Waals surface area (Å²) in [4.78, 5) is 10.7. The molecule has 1 aliphatic rings. The van der Waals surface area contributed by atoms with Gasteiger partial charge in [0.1, 0.15) is 30.5 Å². The number of rotatable bonds is 5. The lowest BCUT2D eigenvalue weighted by atomic mass is 9.99. The second-order valence-electron chi connectivity index (χ2n) is 4.48. The molecule has 0 spiro atoms. The number of aliphatic hydroxyl groups is 4. The third-order valence-electron chi connectivity index (χ3n) is 3.08. The molecule has 0 aromatic rings. The summed E-state index contributed by atoms with van der Waals surface area (Å²) in [5.41, 5.74) is 3.38. The first kappa shape index (κ1) is 16.2. The Labute approximate surface area is 109 Å². The van der Waals surface area contributed by atoms with Gasteiger partial charge in [-0.05, 0) is 6.92 Å². The molecule has 9 nitrogen and oxygen atoms in total. The van der Waals surface area contributed by atoms with Gasteiger partial charge in [-0.3, -0.25) is 0 Å². The van der Waals surface area contributed by atoms with Crippen molar-refractivity contribution in [3.8, 4) is 0 Å². The van der Waals surface area contributed by atoms with Gasteiger partial charge in [0.2, 0.25) is 6.04 Å². The monoisotopic (exact) mass is 282 g/mol. The number of aliphatic carboxylic acids is 1. The van der Waals surface area contributed by atoms with Crippen molar-refractivity contribution in [3.05, 3.63) is 0 Å². The Balaban J connectivity index is 2.69. The first-order chi connectivity index (χ1) is 8.79. The fourth-order valence-electron chi connectivity index (χ4n) is 1.69. The smallest absolute Gasteiger partial charge is 0.365 e. The molecule has 1 aliphatic heterocycles. The molecule has 7 atom stereocenters. The van der Waals surface area contributed by atoms with Gasteiger partial charge < -0.3 is 40.7 Å². The Hall–Kier alpha value is -0.810. The van der Waals surface area contributed by atoms with Crippen LogP contribution in [0.3, 0.4) is 0 Å². The zero-order chi connectivity index (χ0) is 14.7. The molecule has 0 aliphatic carbocycles. The second-order valence-corrected chi connectivity index (χ2v) is 4.48. The summed E-state index contributed by atoms with van der Waals surface area (Å²) in [5, 5.41) is 46.5. The fourth-order valence-corrected chi connectivity index (χ4v) is 1.69. The van der Waals surface area contributed by atoms with E-state index < -0.39 is 55.4 Å². The summed E-state index contributed by atoms with van der Waals surface area (Å²) in [6, 6.07) is -1.09. The second kappa shape index (κ2) is 6.57. The lowest BCUT2D eigenvalue weighted by Crippen LogP contribution is -2.71. The SMILES string of the molecule is C[C@@H](O[C@H]1O[C@H](CO)[C@@H](O)[C@H](O)[C@@H]1O)[C@H]([NH3+])C(=O)O. The average Bonchev–Trinajstić information content (AvgIpc) is 2.38. The van der Waals surface area contributed by atoms with Crippen LogP contribution < -0.4 is 5.73 Å². The Kier molecular flexibility index (Phi) is 5.62. The van der Waals surface area contributed by atoms with Crippen molar-refractivity contribution < 1.29 is 45.5 Å². The third kappa shape index (κ3) is 3.60. The van der Waals surface area contributed by atoms with E-state index in [2.05, 4.69) is 5.73 Å². The number of quaternary nitrogens is 1. The van der Waals surface area contributed by atoms with Gasteiger partial charge in [-0.2, -0.15) is 0 Å². The molecule has 0 bridgehead atoms. The molecule has 0 aromatic carbocycles. The molecular formula is C10H20NO8+. The molecule has 8 N–H and O–H groups in total. The van der Waals surface area contributed by atoms with Crippen molar-refractivity contribution in [2.45, 2.75) is 49.8 Å². The lowest BCUT2D eigenvalue weighted by Gasteiger charge is -2.40. The molecule has 1 rings (SSSR count). The molecule has 112 valence electrons. The van der Waals surface area contributed by atoms with Crippen LogP contribution in [0.4, 0.5) is 0 Å². The lowest BCUT2D eigenvalue weighted by molar-refractivity contribution is -0.436. The van der Waals surface area contributed by atoms with Crippen LogP contribution in [0, 0.1) is 0 Å². The summed E-state index contributed by atoms with van der Waals surface area (Å²) < 4.78 is 10.3. The van der Waals surface area contributed by atoms with Gasteiger partial charge in [-0.15, -0.1) is 0 Å². The topological polar surface area (TPSA) is 164 Å². The zero-order valence-electron chi connectivity index (χ0n) is 10.4. The Morgan fingerprint density at radius 2 is 1.89 bits per heavy atom. The first-order valence-corrected chi connectivity index (χ1v) is 5.81. The van der Waals surface area contributed by atoms with E-state index in [9.17, 15) is 20.1 Å². The van der Waals surface area contributed by atoms with Crippen molar-refractivity contribution in [1.29, 1.82) is 0 Å². The highest BCUT2D eigenvalue weighted by Gasteiger charge is 2.45. The van der Waals surface area contributed by atoms with Crippen molar-refractivity contribution >= 4 is 5.97 Å². The number of carboxylic acids is 1. The maximum absolute atomic E-state index is 10.7. The summed E-state index contributed by atoms with van der Waals surface area (Å²) >= 11 is 0. The van der Waals surface area contributed by atoms with Crippen LogP contribution in [0.2, 0.25) is 0 Å². The predicted molar refractivity (Wildman–Crippen MR) is 58.6 cm³/mol. The van der Waals surface area contributed by atoms with Crippen LogP contribution >= 0.6 is 0 Å². The zero-order valence-corrected chi connectivity index (χ0v) is 10.4. The average molecular weight is 282 g/mol. The van der Waals surface area contributed by atoms with Gasteiger partial charge in [0.15, 0.2) is 6.29 Å². The number of hydrogen-bond donors (Lipinski definition) is 6. The van der Waals surface area contributed by atoms with Crippen LogP contribution in [0.15, 0.2) is 0 Å². The van der Waals surface area contributed by atoms with Gasteiger partial charge in [-0.1, -0.05) is 0 Å². The number of carbonyl (C=O) groups is 1. The van der Waals surface area contributed by atoms with E-state index >= 15 is 0 Å². The van der Waals surface area contributed by atoms with E-state index in [0.29, 0.717) is 0 Å². The maximum Gasteiger partial charge on any atom is 0.365 e. The van der Waals surface area contributed by atoms with E-state index in [1.165, 1.54) is 6.92 Å². The highest BCUT2D eigenvalue weighted by molar-refractivity contribution is 5.72. The van der Waals surface area contributed by atoms with Gasteiger partial charge in [0.05, 0.1) is 6.61 Å². The normalized spacial score (nSPS) is 38.7.